The fraction of sp³-hybridized carbons (Fsp3) is 1.00. The van der Waals surface area contributed by atoms with E-state index in [1.807, 2.05) is 0 Å². The maximum absolute atomic E-state index is 6.26. The number of hydrogen-bond donors (Lipinski definition) is 0. The fourth-order valence-corrected chi connectivity index (χ4v) is 5.68. The highest BCUT2D eigenvalue weighted by atomic mass is 28.4. The summed E-state index contributed by atoms with van der Waals surface area (Å²) in [5.74, 6) is 0. The normalized spacial score (nSPS) is 28.8. The van der Waals surface area contributed by atoms with Crippen LogP contribution in [0.3, 0.4) is 0 Å². The van der Waals surface area contributed by atoms with Gasteiger partial charge in [0.2, 0.25) is 0 Å². The van der Waals surface area contributed by atoms with Gasteiger partial charge in [0, 0.05) is 6.10 Å². The molecular weight excluding hydrogens is 164 g/mol. The molecule has 1 aliphatic heterocycles. The third-order valence-electron chi connectivity index (χ3n) is 3.32. The molecule has 1 heterocycles. The Hall–Kier alpha value is 0.177. The van der Waals surface area contributed by atoms with Crippen molar-refractivity contribution in [2.45, 2.75) is 64.3 Å². The van der Waals surface area contributed by atoms with Gasteiger partial charge in [0.05, 0.1) is 0 Å². The first kappa shape index (κ1) is 10.3. The van der Waals surface area contributed by atoms with Gasteiger partial charge in [0.1, 0.15) is 0 Å². The van der Waals surface area contributed by atoms with Gasteiger partial charge in [-0.3, -0.25) is 0 Å². The van der Waals surface area contributed by atoms with Gasteiger partial charge in [0.25, 0.3) is 0 Å². The van der Waals surface area contributed by atoms with Gasteiger partial charge in [-0.15, -0.1) is 0 Å². The van der Waals surface area contributed by atoms with Crippen LogP contribution in [0, 0.1) is 0 Å². The molecule has 1 saturated heterocycles. The van der Waals surface area contributed by atoms with E-state index in [0.29, 0.717) is 6.10 Å². The van der Waals surface area contributed by atoms with Crippen molar-refractivity contribution in [2.24, 2.45) is 0 Å². The molecule has 1 atom stereocenters. The average molecular weight is 186 g/mol. The van der Waals surface area contributed by atoms with E-state index in [1.54, 1.807) is 0 Å². The highest BCUT2D eigenvalue weighted by Gasteiger charge is 2.36. The van der Waals surface area contributed by atoms with Crippen LogP contribution in [0.4, 0.5) is 0 Å². The minimum atomic E-state index is -1.21. The van der Waals surface area contributed by atoms with Gasteiger partial charge < -0.3 is 4.43 Å². The van der Waals surface area contributed by atoms with Crippen LogP contribution in [0.15, 0.2) is 0 Å². The van der Waals surface area contributed by atoms with Gasteiger partial charge >= 0.3 is 0 Å². The summed E-state index contributed by atoms with van der Waals surface area (Å²) in [6, 6.07) is 4.05. The van der Waals surface area contributed by atoms with Crippen molar-refractivity contribution in [3.8, 4) is 0 Å². The summed E-state index contributed by atoms with van der Waals surface area (Å²) in [7, 11) is -1.21. The smallest absolute Gasteiger partial charge is 0.192 e. The second kappa shape index (κ2) is 4.42. The van der Waals surface area contributed by atoms with Crippen LogP contribution in [0.2, 0.25) is 18.1 Å². The SMILES string of the molecule is CCC1CCC[Si](CC)(CC)O1. The minimum absolute atomic E-state index is 0.602. The van der Waals surface area contributed by atoms with Crippen LogP contribution < -0.4 is 0 Å². The van der Waals surface area contributed by atoms with Crippen LogP contribution in [-0.2, 0) is 4.43 Å². The zero-order valence-corrected chi connectivity index (χ0v) is 9.73. The monoisotopic (exact) mass is 186 g/mol. The van der Waals surface area contributed by atoms with Crippen LogP contribution in [0.25, 0.3) is 0 Å². The maximum Gasteiger partial charge on any atom is 0.192 e. The quantitative estimate of drug-likeness (QED) is 0.612. The van der Waals surface area contributed by atoms with Gasteiger partial charge in [0.15, 0.2) is 8.32 Å². The van der Waals surface area contributed by atoms with E-state index >= 15 is 0 Å². The summed E-state index contributed by atoms with van der Waals surface area (Å²) < 4.78 is 6.26. The zero-order valence-electron chi connectivity index (χ0n) is 8.73. The molecule has 1 nitrogen and oxygen atoms in total. The Morgan fingerprint density at radius 1 is 1.25 bits per heavy atom. The summed E-state index contributed by atoms with van der Waals surface area (Å²) in [5.41, 5.74) is 0. The Bertz CT molecular complexity index is 132. The predicted molar refractivity (Wildman–Crippen MR) is 55.9 cm³/mol. The highest BCUT2D eigenvalue weighted by Crippen LogP contribution is 2.32. The zero-order chi connectivity index (χ0) is 9.03. The van der Waals surface area contributed by atoms with Gasteiger partial charge in [-0.2, -0.15) is 0 Å². The van der Waals surface area contributed by atoms with Gasteiger partial charge in [-0.1, -0.05) is 27.2 Å². The molecular formula is C10H22OSi. The van der Waals surface area contributed by atoms with Crippen molar-refractivity contribution in [1.82, 2.24) is 0 Å². The molecule has 0 aliphatic carbocycles. The van der Waals surface area contributed by atoms with E-state index in [9.17, 15) is 0 Å². The van der Waals surface area contributed by atoms with Gasteiger partial charge in [-0.05, 0) is 31.0 Å². The molecule has 1 aliphatic rings. The number of hydrogen-bond acceptors (Lipinski definition) is 1. The minimum Gasteiger partial charge on any atom is -0.414 e. The largest absolute Gasteiger partial charge is 0.414 e. The van der Waals surface area contributed by atoms with Crippen molar-refractivity contribution in [3.05, 3.63) is 0 Å². The van der Waals surface area contributed by atoms with E-state index < -0.39 is 8.32 Å². The van der Waals surface area contributed by atoms with E-state index in [2.05, 4.69) is 20.8 Å². The topological polar surface area (TPSA) is 9.23 Å². The molecule has 72 valence electrons. The Labute approximate surface area is 77.6 Å². The van der Waals surface area contributed by atoms with Crippen molar-refractivity contribution >= 4 is 8.32 Å². The molecule has 0 spiro atoms. The van der Waals surface area contributed by atoms with Crippen LogP contribution in [0.5, 0.6) is 0 Å². The van der Waals surface area contributed by atoms with Crippen LogP contribution >= 0.6 is 0 Å². The van der Waals surface area contributed by atoms with E-state index in [4.69, 9.17) is 4.43 Å². The molecule has 0 bridgehead atoms. The first-order chi connectivity index (χ1) is 5.76. The van der Waals surface area contributed by atoms with E-state index in [-0.39, 0.29) is 0 Å². The molecule has 0 amide bonds. The highest BCUT2D eigenvalue weighted by molar-refractivity contribution is 6.73. The molecule has 2 heteroatoms. The Morgan fingerprint density at radius 2 is 1.92 bits per heavy atom. The molecule has 1 rings (SSSR count). The van der Waals surface area contributed by atoms with Crippen molar-refractivity contribution < 1.29 is 4.43 Å². The standard InChI is InChI=1S/C10H22OSi/c1-4-10-8-7-9-12(5-2,6-3)11-10/h10H,4-9H2,1-3H3. The lowest BCUT2D eigenvalue weighted by atomic mass is 10.2. The molecule has 0 N–H and O–H groups in total. The summed E-state index contributed by atoms with van der Waals surface area (Å²) in [4.78, 5) is 0. The molecule has 1 fully saturated rings. The predicted octanol–water partition coefficient (Wildman–Crippen LogP) is 3.56. The third kappa shape index (κ3) is 2.11. The third-order valence-corrected chi connectivity index (χ3v) is 7.99. The average Bonchev–Trinajstić information content (AvgIpc) is 2.18. The summed E-state index contributed by atoms with van der Waals surface area (Å²) in [6.07, 6.45) is 4.55. The molecule has 0 radical (unpaired) electrons. The number of rotatable bonds is 3. The molecule has 0 saturated carbocycles. The van der Waals surface area contributed by atoms with E-state index in [1.165, 1.54) is 37.4 Å². The molecule has 0 aromatic carbocycles. The summed E-state index contributed by atoms with van der Waals surface area (Å²) in [5, 5.41) is 0. The van der Waals surface area contributed by atoms with E-state index in [0.717, 1.165) is 0 Å². The van der Waals surface area contributed by atoms with Crippen LogP contribution in [-0.4, -0.2) is 14.4 Å². The Morgan fingerprint density at radius 3 is 2.42 bits per heavy atom. The second-order valence-electron chi connectivity index (χ2n) is 3.93. The lowest BCUT2D eigenvalue weighted by molar-refractivity contribution is 0.151. The molecule has 0 aromatic rings. The summed E-state index contributed by atoms with van der Waals surface area (Å²) >= 11 is 0. The van der Waals surface area contributed by atoms with Crippen LogP contribution in [0.1, 0.15) is 40.0 Å². The van der Waals surface area contributed by atoms with Crippen molar-refractivity contribution in [2.75, 3.05) is 0 Å². The lowest BCUT2D eigenvalue weighted by Crippen LogP contribution is -2.43. The Balaban J connectivity index is 2.52. The lowest BCUT2D eigenvalue weighted by Gasteiger charge is -2.38. The summed E-state index contributed by atoms with van der Waals surface area (Å²) in [6.45, 7) is 6.88. The van der Waals surface area contributed by atoms with Crippen molar-refractivity contribution in [1.29, 1.82) is 0 Å². The second-order valence-corrected chi connectivity index (χ2v) is 8.45. The van der Waals surface area contributed by atoms with Crippen molar-refractivity contribution in [3.63, 3.8) is 0 Å². The Kier molecular flexibility index (Phi) is 3.78. The van der Waals surface area contributed by atoms with Gasteiger partial charge in [-0.25, -0.2) is 0 Å². The fourth-order valence-electron chi connectivity index (χ4n) is 2.18. The molecule has 0 aromatic heterocycles. The molecule has 12 heavy (non-hydrogen) atoms. The first-order valence-corrected chi connectivity index (χ1v) is 7.97. The first-order valence-electron chi connectivity index (χ1n) is 5.44. The molecule has 1 unspecified atom stereocenters. The maximum atomic E-state index is 6.26.